The van der Waals surface area contributed by atoms with Gasteiger partial charge in [-0.1, -0.05) is 0 Å². The fourth-order valence-electron chi connectivity index (χ4n) is 0.671. The monoisotopic (exact) mass is 134 g/mol. The van der Waals surface area contributed by atoms with E-state index >= 15 is 0 Å². The van der Waals surface area contributed by atoms with Gasteiger partial charge in [-0.3, -0.25) is 0 Å². The van der Waals surface area contributed by atoms with Crippen molar-refractivity contribution in [1.29, 1.82) is 0 Å². The summed E-state index contributed by atoms with van der Waals surface area (Å²) >= 11 is 0. The van der Waals surface area contributed by atoms with Crippen LogP contribution in [0.15, 0.2) is 0 Å². The molecule has 5 heteroatoms. The molecule has 0 aliphatic carbocycles. The van der Waals surface area contributed by atoms with Crippen LogP contribution in [0.5, 0.6) is 0 Å². The van der Waals surface area contributed by atoms with Crippen LogP contribution in [0, 0.1) is 0 Å². The minimum Gasteiger partial charge on any atom is -0.112 e. The molecule has 0 amide bonds. The Morgan fingerprint density at radius 3 is 0.889 bits per heavy atom. The summed E-state index contributed by atoms with van der Waals surface area (Å²) in [7, 11) is 7.35. The Hall–Kier alpha value is -0.200. The first-order valence-electron chi connectivity index (χ1n) is 2.89. The van der Waals surface area contributed by atoms with E-state index in [1.807, 2.05) is 28.2 Å². The van der Waals surface area contributed by atoms with Gasteiger partial charge >= 0.3 is 0 Å². The zero-order valence-corrected chi connectivity index (χ0v) is 6.45. The van der Waals surface area contributed by atoms with Crippen molar-refractivity contribution in [2.24, 2.45) is 0 Å². The number of nitrogens with zero attached hydrogens (tertiary/aromatic N) is 1. The van der Waals surface area contributed by atoms with Gasteiger partial charge in [0.25, 0.3) is 0 Å². The highest BCUT2D eigenvalue weighted by atomic mass is 16.1. The van der Waals surface area contributed by atoms with Crippen LogP contribution in [0.3, 0.4) is 0 Å². The van der Waals surface area contributed by atoms with Gasteiger partial charge in [0, 0.05) is 28.2 Å². The molecule has 0 saturated carbocycles. The van der Waals surface area contributed by atoms with Crippen molar-refractivity contribution >= 4 is 0 Å². The van der Waals surface area contributed by atoms with Crippen LogP contribution < -0.4 is 21.7 Å². The maximum absolute atomic E-state index is 2.97. The Morgan fingerprint density at radius 1 is 0.667 bits per heavy atom. The summed E-state index contributed by atoms with van der Waals surface area (Å²) < 4.78 is 0. The summed E-state index contributed by atoms with van der Waals surface area (Å²) in [6.07, 6.45) is 0. The molecule has 0 rings (SSSR count). The highest BCUT2D eigenvalue weighted by Crippen LogP contribution is 1.74. The lowest BCUT2D eigenvalue weighted by molar-refractivity contribution is -1.08. The Bertz CT molecular complexity index is 51.8. The Labute approximate surface area is 55.9 Å². The second-order valence-electron chi connectivity index (χ2n) is 1.57. The average molecular weight is 134 g/mol. The molecule has 0 atom stereocenters. The molecule has 9 heavy (non-hydrogen) atoms. The smallest absolute Gasteiger partial charge is 0.0396 e. The molecular formula is C4H16N5+. The molecule has 0 aromatic rings. The summed E-state index contributed by atoms with van der Waals surface area (Å²) in [5, 5.41) is 0. The average Bonchev–Trinajstić information content (AvgIpc) is 1.95. The first-order valence-corrected chi connectivity index (χ1v) is 2.89. The lowest BCUT2D eigenvalue weighted by atomic mass is 11.2. The van der Waals surface area contributed by atoms with Crippen molar-refractivity contribution in [3.63, 3.8) is 0 Å². The highest BCUT2D eigenvalue weighted by Gasteiger charge is 2.18. The Morgan fingerprint density at radius 2 is 0.889 bits per heavy atom. The number of hydrogen-bond acceptors (Lipinski definition) is 4. The van der Waals surface area contributed by atoms with E-state index in [2.05, 4.69) is 21.7 Å². The minimum atomic E-state index is 0.278. The van der Waals surface area contributed by atoms with Crippen LogP contribution in [-0.4, -0.2) is 33.1 Å². The molecule has 0 radical (unpaired) electrons. The van der Waals surface area contributed by atoms with Crippen LogP contribution in [0.4, 0.5) is 0 Å². The van der Waals surface area contributed by atoms with E-state index in [0.29, 0.717) is 0 Å². The summed E-state index contributed by atoms with van der Waals surface area (Å²) in [6.45, 7) is 0. The van der Waals surface area contributed by atoms with E-state index in [4.69, 9.17) is 0 Å². The predicted molar refractivity (Wildman–Crippen MR) is 36.5 cm³/mol. The van der Waals surface area contributed by atoms with Crippen molar-refractivity contribution in [1.82, 2.24) is 21.7 Å². The minimum absolute atomic E-state index is 0.278. The molecule has 0 saturated heterocycles. The molecule has 0 spiro atoms. The molecule has 56 valence electrons. The molecule has 0 unspecified atom stereocenters. The fourth-order valence-corrected chi connectivity index (χ4v) is 0.671. The molecule has 0 aromatic carbocycles. The second kappa shape index (κ2) is 3.76. The number of rotatable bonds is 4. The zero-order valence-electron chi connectivity index (χ0n) is 6.45. The van der Waals surface area contributed by atoms with Gasteiger partial charge in [-0.05, 0) is 4.92 Å². The normalized spacial score (nSPS) is 12.0. The first kappa shape index (κ1) is 8.80. The third-order valence-corrected chi connectivity index (χ3v) is 1.34. The molecule has 5 nitrogen and oxygen atoms in total. The molecular weight excluding hydrogens is 118 g/mol. The SMILES string of the molecule is CN[N+](NC)(NC)NC. The second-order valence-corrected chi connectivity index (χ2v) is 1.57. The maximum Gasteiger partial charge on any atom is 0.0396 e. The summed E-state index contributed by atoms with van der Waals surface area (Å²) in [5.74, 6) is 0. The predicted octanol–water partition coefficient (Wildman–Crippen LogP) is -1.66. The summed E-state index contributed by atoms with van der Waals surface area (Å²) in [6, 6.07) is 0. The van der Waals surface area contributed by atoms with Crippen LogP contribution in [0.25, 0.3) is 0 Å². The van der Waals surface area contributed by atoms with Gasteiger partial charge in [0.2, 0.25) is 0 Å². The third-order valence-electron chi connectivity index (χ3n) is 1.34. The molecule has 0 aromatic heterocycles. The van der Waals surface area contributed by atoms with Crippen LogP contribution in [0.1, 0.15) is 0 Å². The molecule has 0 heterocycles. The topological polar surface area (TPSA) is 48.1 Å². The molecule has 0 fully saturated rings. The molecule has 0 aliphatic heterocycles. The van der Waals surface area contributed by atoms with Crippen molar-refractivity contribution in [2.75, 3.05) is 28.2 Å². The van der Waals surface area contributed by atoms with E-state index in [1.54, 1.807) is 0 Å². The van der Waals surface area contributed by atoms with Crippen molar-refractivity contribution in [3.05, 3.63) is 0 Å². The molecule has 4 N–H and O–H groups in total. The van der Waals surface area contributed by atoms with Crippen LogP contribution >= 0.6 is 0 Å². The van der Waals surface area contributed by atoms with E-state index in [9.17, 15) is 0 Å². The van der Waals surface area contributed by atoms with Gasteiger partial charge < -0.3 is 0 Å². The van der Waals surface area contributed by atoms with Gasteiger partial charge in [0.05, 0.1) is 0 Å². The van der Waals surface area contributed by atoms with Gasteiger partial charge in [0.15, 0.2) is 0 Å². The van der Waals surface area contributed by atoms with E-state index in [1.165, 1.54) is 0 Å². The Kier molecular flexibility index (Phi) is 3.67. The Balaban J connectivity index is 3.82. The molecule has 0 aliphatic rings. The van der Waals surface area contributed by atoms with Gasteiger partial charge in [0.1, 0.15) is 0 Å². The van der Waals surface area contributed by atoms with Crippen molar-refractivity contribution in [2.45, 2.75) is 0 Å². The van der Waals surface area contributed by atoms with Crippen molar-refractivity contribution in [3.8, 4) is 0 Å². The largest absolute Gasteiger partial charge is 0.112 e. The standard InChI is InChI=1S/C4H16N5/c1-5-9(6-2,7-3)8-4/h5-8H,1-4H3/q+1. The van der Waals surface area contributed by atoms with Gasteiger partial charge in [-0.2, -0.15) is 0 Å². The maximum atomic E-state index is 2.97. The van der Waals surface area contributed by atoms with E-state index < -0.39 is 0 Å². The quantitative estimate of drug-likeness (QED) is 0.275. The lowest BCUT2D eigenvalue weighted by Gasteiger charge is -2.30. The summed E-state index contributed by atoms with van der Waals surface area (Å²) in [4.78, 5) is 0.278. The van der Waals surface area contributed by atoms with E-state index in [-0.39, 0.29) is 4.92 Å². The third kappa shape index (κ3) is 1.88. The fraction of sp³-hybridized carbons (Fsp3) is 1.00. The number of hydrogen-bond donors (Lipinski definition) is 4. The van der Waals surface area contributed by atoms with Crippen LogP contribution in [0.2, 0.25) is 0 Å². The van der Waals surface area contributed by atoms with Gasteiger partial charge in [-0.15, -0.1) is 21.7 Å². The lowest BCUT2D eigenvalue weighted by Crippen LogP contribution is -2.76. The first-order chi connectivity index (χ1) is 4.24. The van der Waals surface area contributed by atoms with Crippen LogP contribution in [-0.2, 0) is 0 Å². The van der Waals surface area contributed by atoms with Crippen molar-refractivity contribution < 1.29 is 4.92 Å². The highest BCUT2D eigenvalue weighted by molar-refractivity contribution is 4.03. The molecule has 0 bridgehead atoms. The number of nitrogens with one attached hydrogen (secondary N) is 4. The van der Waals surface area contributed by atoms with Gasteiger partial charge in [-0.25, -0.2) is 0 Å². The number of quaternary nitrogens is 1. The van der Waals surface area contributed by atoms with E-state index in [0.717, 1.165) is 0 Å². The summed E-state index contributed by atoms with van der Waals surface area (Å²) in [5.41, 5.74) is 11.9. The zero-order chi connectivity index (χ0) is 7.33.